The van der Waals surface area contributed by atoms with Crippen LogP contribution in [0.1, 0.15) is 139 Å². The Morgan fingerprint density at radius 2 is 1.56 bits per heavy atom. The predicted octanol–water partition coefficient (Wildman–Crippen LogP) is 9.33. The quantitative estimate of drug-likeness (QED) is 0.0437. The Bertz CT molecular complexity index is 1600. The fraction of sp³-hybridized carbons (Fsp3) is 0.600. The molecule has 1 aromatic heterocycles. The number of carbonyl (C=O) groups excluding carboxylic acids is 1. The lowest BCUT2D eigenvalue weighted by Crippen LogP contribution is -2.20. The number of aliphatic hydroxyl groups is 2. The first kappa shape index (κ1) is 42.8. The third-order valence-electron chi connectivity index (χ3n) is 8.89. The molecular weight excluding hydrogens is 683 g/mol. The van der Waals surface area contributed by atoms with Gasteiger partial charge in [-0.25, -0.2) is 0 Å². The molecule has 0 spiro atoms. The highest BCUT2D eigenvalue weighted by Crippen LogP contribution is 2.32. The summed E-state index contributed by atoms with van der Waals surface area (Å²) in [6, 6.07) is 11.0. The fourth-order valence-corrected chi connectivity index (χ4v) is 6.94. The highest BCUT2D eigenvalue weighted by Gasteiger charge is 2.31. The van der Waals surface area contributed by atoms with E-state index in [1.807, 2.05) is 26.8 Å². The Morgan fingerprint density at radius 3 is 2.13 bits per heavy atom. The van der Waals surface area contributed by atoms with Crippen LogP contribution in [0.25, 0.3) is 5.69 Å². The third-order valence-corrected chi connectivity index (χ3v) is 10.0. The molecule has 0 bridgehead atoms. The molecule has 0 aliphatic rings. The molecule has 0 aliphatic carbocycles. The lowest BCUT2D eigenvalue weighted by atomic mass is 9.91. The molecule has 1 atom stereocenters. The third kappa shape index (κ3) is 13.7. The molecule has 1 unspecified atom stereocenters. The summed E-state index contributed by atoms with van der Waals surface area (Å²) in [4.78, 5) is 38.4. The van der Waals surface area contributed by atoms with Gasteiger partial charge in [0.2, 0.25) is 0 Å². The Labute approximate surface area is 312 Å². The molecule has 3 N–H and O–H groups in total. The van der Waals surface area contributed by atoms with Crippen molar-refractivity contribution in [1.29, 1.82) is 0 Å². The van der Waals surface area contributed by atoms with Gasteiger partial charge in [0.15, 0.2) is 5.69 Å². The number of nitrogens with one attached hydrogen (secondary N) is 1. The summed E-state index contributed by atoms with van der Waals surface area (Å²) in [7, 11) is 0. The van der Waals surface area contributed by atoms with E-state index in [2.05, 4.69) is 12.2 Å². The van der Waals surface area contributed by atoms with Crippen LogP contribution in [0.15, 0.2) is 51.8 Å². The zero-order chi connectivity index (χ0) is 37.9. The molecule has 11 nitrogen and oxygen atoms in total. The first-order chi connectivity index (χ1) is 25.0. The summed E-state index contributed by atoms with van der Waals surface area (Å²) < 4.78 is 12.9. The highest BCUT2D eigenvalue weighted by molar-refractivity contribution is 7.98. The number of aliphatic hydroxyl groups excluding tert-OH is 2. The number of hydrogen-bond acceptors (Lipinski definition) is 9. The molecule has 0 saturated carbocycles. The van der Waals surface area contributed by atoms with E-state index >= 15 is 0 Å². The number of para-hydroxylation sites is 2. The summed E-state index contributed by atoms with van der Waals surface area (Å²) in [5.41, 5.74) is -0.962. The average molecular weight is 742 g/mol. The van der Waals surface area contributed by atoms with Crippen LogP contribution < -0.4 is 15.6 Å². The van der Waals surface area contributed by atoms with Crippen LogP contribution in [0.4, 0.5) is 11.4 Å². The maximum atomic E-state index is 13.5. The average Bonchev–Trinajstić information content (AvgIpc) is 3.46. The maximum Gasteiger partial charge on any atom is 0.297 e. The van der Waals surface area contributed by atoms with Crippen LogP contribution in [0.5, 0.6) is 5.75 Å². The fourth-order valence-electron chi connectivity index (χ4n) is 5.98. The number of nitro benzene ring substituents is 1. The number of hydrogen-bond donors (Lipinski definition) is 3. The van der Waals surface area contributed by atoms with Crippen molar-refractivity contribution in [3.05, 3.63) is 79.8 Å². The van der Waals surface area contributed by atoms with Crippen LogP contribution >= 0.6 is 11.8 Å². The maximum absolute atomic E-state index is 13.5. The lowest BCUT2D eigenvalue weighted by molar-refractivity contribution is -0.384. The summed E-state index contributed by atoms with van der Waals surface area (Å²) in [6.07, 6.45) is 16.9. The minimum Gasteiger partial charge on any atom is -0.491 e. The molecule has 0 radical (unpaired) electrons. The zero-order valence-electron chi connectivity index (χ0n) is 31.5. The molecule has 12 heteroatoms. The van der Waals surface area contributed by atoms with Crippen molar-refractivity contribution in [2.45, 2.75) is 135 Å². The SMILES string of the molecule is CCCCCCCCCCCCCCCCOc1ccccc1NC(=O)c1ccc(-n2oc(C(C)(C)C)c(CSCC(O)CO)c2=O)c([N+](=O)[O-])c1. The molecule has 3 aromatic rings. The van der Waals surface area contributed by atoms with Crippen molar-refractivity contribution in [3.63, 3.8) is 0 Å². The number of nitro groups is 1. The number of nitrogens with zero attached hydrogens (tertiary/aromatic N) is 2. The van der Waals surface area contributed by atoms with E-state index < -0.39 is 40.2 Å². The molecule has 0 fully saturated rings. The molecule has 2 aromatic carbocycles. The van der Waals surface area contributed by atoms with Crippen molar-refractivity contribution in [3.8, 4) is 11.4 Å². The second-order valence-electron chi connectivity index (χ2n) is 14.5. The number of amides is 1. The Balaban J connectivity index is 1.57. The topological polar surface area (TPSA) is 157 Å². The van der Waals surface area contributed by atoms with Crippen LogP contribution in [-0.2, 0) is 11.2 Å². The molecule has 1 heterocycles. The number of unbranched alkanes of at least 4 members (excludes halogenated alkanes) is 13. The van der Waals surface area contributed by atoms with Gasteiger partial charge in [-0.05, 0) is 30.7 Å². The summed E-state index contributed by atoms with van der Waals surface area (Å²) in [6.45, 7) is 7.94. The van der Waals surface area contributed by atoms with Gasteiger partial charge in [0.25, 0.3) is 17.2 Å². The Kier molecular flexibility index (Phi) is 18.5. The Hall–Kier alpha value is -3.61. The normalized spacial score (nSPS) is 12.2. The van der Waals surface area contributed by atoms with E-state index in [0.717, 1.165) is 23.6 Å². The van der Waals surface area contributed by atoms with Gasteiger partial charge in [-0.1, -0.05) is 123 Å². The van der Waals surface area contributed by atoms with Gasteiger partial charge in [-0.15, -0.1) is 4.74 Å². The number of aromatic nitrogens is 1. The van der Waals surface area contributed by atoms with Crippen molar-refractivity contribution in [2.24, 2.45) is 0 Å². The molecule has 288 valence electrons. The van der Waals surface area contributed by atoms with Gasteiger partial charge in [0.1, 0.15) is 11.5 Å². The highest BCUT2D eigenvalue weighted by atomic mass is 32.2. The second-order valence-corrected chi connectivity index (χ2v) is 15.5. The lowest BCUT2D eigenvalue weighted by Gasteiger charge is -2.16. The Morgan fingerprint density at radius 1 is 0.962 bits per heavy atom. The number of benzene rings is 2. The summed E-state index contributed by atoms with van der Waals surface area (Å²) in [5.74, 6) is 0.677. The van der Waals surface area contributed by atoms with E-state index in [4.69, 9.17) is 14.4 Å². The molecule has 52 heavy (non-hydrogen) atoms. The van der Waals surface area contributed by atoms with Crippen molar-refractivity contribution in [2.75, 3.05) is 24.3 Å². The van der Waals surface area contributed by atoms with E-state index in [0.29, 0.717) is 29.4 Å². The molecular formula is C40H59N3O8S. The van der Waals surface area contributed by atoms with E-state index in [1.165, 1.54) is 101 Å². The summed E-state index contributed by atoms with van der Waals surface area (Å²) >= 11 is 1.24. The number of ether oxygens (including phenoxy) is 1. The standard InChI is InChI=1S/C40H59N3O8S/c1-5-6-7-8-9-10-11-12-13-14-15-16-17-20-25-50-36-22-19-18-21-33(36)41-38(46)30-23-24-34(35(26-30)43(48)49)42-39(47)32(29-52-28-31(45)27-44)37(51-42)40(2,3)4/h18-19,21-24,26,31,44-45H,5-17,20,25,27-29H2,1-4H3,(H,41,46). The van der Waals surface area contributed by atoms with Crippen LogP contribution in [-0.4, -0.2) is 50.9 Å². The van der Waals surface area contributed by atoms with E-state index in [9.17, 15) is 24.8 Å². The monoisotopic (exact) mass is 741 g/mol. The smallest absolute Gasteiger partial charge is 0.297 e. The van der Waals surface area contributed by atoms with Gasteiger partial charge in [0, 0.05) is 28.6 Å². The van der Waals surface area contributed by atoms with Crippen LogP contribution in [0.2, 0.25) is 0 Å². The van der Waals surface area contributed by atoms with Gasteiger partial charge in [0.05, 0.1) is 35.5 Å². The number of thioether (sulfide) groups is 1. The van der Waals surface area contributed by atoms with Gasteiger partial charge < -0.3 is 24.8 Å². The predicted molar refractivity (Wildman–Crippen MR) is 209 cm³/mol. The second kappa shape index (κ2) is 22.5. The van der Waals surface area contributed by atoms with Crippen LogP contribution in [0.3, 0.4) is 0 Å². The first-order valence-corrected chi connectivity index (χ1v) is 20.1. The molecule has 0 aliphatic heterocycles. The first-order valence-electron chi connectivity index (χ1n) is 18.9. The summed E-state index contributed by atoms with van der Waals surface area (Å²) in [5, 5.41) is 33.9. The minimum absolute atomic E-state index is 0.0293. The van der Waals surface area contributed by atoms with Gasteiger partial charge >= 0.3 is 0 Å². The van der Waals surface area contributed by atoms with Gasteiger partial charge in [-0.3, -0.25) is 19.7 Å². The van der Waals surface area contributed by atoms with Crippen LogP contribution in [0, 0.1) is 10.1 Å². The van der Waals surface area contributed by atoms with Gasteiger partial charge in [-0.2, -0.15) is 11.8 Å². The van der Waals surface area contributed by atoms with Crippen molar-refractivity contribution < 1.29 is 29.2 Å². The molecule has 3 rings (SSSR count). The van der Waals surface area contributed by atoms with E-state index in [-0.39, 0.29) is 22.8 Å². The number of rotatable bonds is 25. The number of carbonyl (C=O) groups is 1. The molecule has 0 saturated heterocycles. The zero-order valence-corrected chi connectivity index (χ0v) is 32.3. The van der Waals surface area contributed by atoms with E-state index in [1.54, 1.807) is 18.2 Å². The molecule has 1 amide bonds. The van der Waals surface area contributed by atoms with Crippen molar-refractivity contribution in [1.82, 2.24) is 4.74 Å². The largest absolute Gasteiger partial charge is 0.491 e. The minimum atomic E-state index is -0.940. The van der Waals surface area contributed by atoms with Crippen molar-refractivity contribution >= 4 is 29.0 Å². The number of anilines is 1.